The number of aromatic amines is 1. The molecular weight excluding hydrogens is 312 g/mol. The van der Waals surface area contributed by atoms with Crippen molar-refractivity contribution in [3.05, 3.63) is 52.8 Å². The Morgan fingerprint density at radius 2 is 2.21 bits per heavy atom. The number of primary amides is 1. The third-order valence-electron chi connectivity index (χ3n) is 4.09. The fourth-order valence-corrected chi connectivity index (χ4v) is 3.07. The second-order valence-electron chi connectivity index (χ2n) is 5.48. The summed E-state index contributed by atoms with van der Waals surface area (Å²) in [6.07, 6.45) is 3.22. The number of nitrogens with two attached hydrogens (primary N) is 1. The summed E-state index contributed by atoms with van der Waals surface area (Å²) >= 11 is 0. The molecule has 1 atom stereocenters. The van der Waals surface area contributed by atoms with Crippen LogP contribution >= 0.6 is 0 Å². The molecule has 0 saturated carbocycles. The van der Waals surface area contributed by atoms with Gasteiger partial charge < -0.3 is 19.8 Å². The number of allylic oxidation sites excluding steroid dienone is 1. The molecule has 3 N–H and O–H groups in total. The van der Waals surface area contributed by atoms with Crippen molar-refractivity contribution in [1.82, 2.24) is 14.8 Å². The molecule has 0 bridgehead atoms. The zero-order chi connectivity index (χ0) is 16.7. The van der Waals surface area contributed by atoms with Crippen molar-refractivity contribution >= 4 is 27.7 Å². The molecule has 3 aromatic rings. The molecule has 3 heterocycles. The van der Waals surface area contributed by atoms with Crippen LogP contribution in [-0.4, -0.2) is 27.5 Å². The van der Waals surface area contributed by atoms with Crippen molar-refractivity contribution in [3.63, 3.8) is 0 Å². The van der Waals surface area contributed by atoms with Gasteiger partial charge in [0.1, 0.15) is 23.6 Å². The summed E-state index contributed by atoms with van der Waals surface area (Å²) < 4.78 is 12.0. The Morgan fingerprint density at radius 1 is 1.38 bits per heavy atom. The van der Waals surface area contributed by atoms with Gasteiger partial charge in [0.25, 0.3) is 5.56 Å². The van der Waals surface area contributed by atoms with E-state index in [1.54, 1.807) is 10.8 Å². The lowest BCUT2D eigenvalue weighted by atomic mass is 10.1. The van der Waals surface area contributed by atoms with E-state index < -0.39 is 11.9 Å². The van der Waals surface area contributed by atoms with Gasteiger partial charge in [-0.2, -0.15) is 5.10 Å². The highest BCUT2D eigenvalue weighted by Crippen LogP contribution is 2.32. The van der Waals surface area contributed by atoms with E-state index in [9.17, 15) is 9.59 Å². The van der Waals surface area contributed by atoms with E-state index in [1.807, 2.05) is 24.3 Å². The fourth-order valence-electron chi connectivity index (χ4n) is 3.07. The van der Waals surface area contributed by atoms with Crippen LogP contribution in [0.15, 0.2) is 47.3 Å². The average molecular weight is 326 g/mol. The molecule has 2 aromatic heterocycles. The first-order chi connectivity index (χ1) is 11.7. The minimum absolute atomic E-state index is 0.110. The van der Waals surface area contributed by atoms with Crippen LogP contribution in [0.1, 0.15) is 12.5 Å². The summed E-state index contributed by atoms with van der Waals surface area (Å²) in [6.45, 7) is 0.110. The molecule has 24 heavy (non-hydrogen) atoms. The number of nitrogens with one attached hydrogen (secondary N) is 1. The van der Waals surface area contributed by atoms with Gasteiger partial charge >= 0.3 is 0 Å². The van der Waals surface area contributed by atoms with Crippen LogP contribution in [0.2, 0.25) is 0 Å². The molecular formula is C16H14N4O4. The average Bonchev–Trinajstić information content (AvgIpc) is 3.19. The largest absolute Gasteiger partial charge is 0.462 e. The van der Waals surface area contributed by atoms with Crippen LogP contribution in [0.4, 0.5) is 0 Å². The molecule has 0 radical (unpaired) electrons. The maximum absolute atomic E-state index is 12.4. The lowest BCUT2D eigenvalue weighted by molar-refractivity contribution is -0.121. The Balaban J connectivity index is 2.01. The van der Waals surface area contributed by atoms with Crippen LogP contribution in [0.3, 0.4) is 0 Å². The quantitative estimate of drug-likeness (QED) is 0.746. The number of amides is 1. The Morgan fingerprint density at radius 3 is 2.96 bits per heavy atom. The van der Waals surface area contributed by atoms with Gasteiger partial charge in [0.05, 0.1) is 11.7 Å². The predicted octanol–water partition coefficient (Wildman–Crippen LogP) is 1.14. The summed E-state index contributed by atoms with van der Waals surface area (Å²) in [5, 5.41) is 7.77. The number of nitrogens with zero attached hydrogens (tertiary/aromatic N) is 2. The number of hydrogen-bond donors (Lipinski definition) is 2. The number of para-hydroxylation sites is 1. The van der Waals surface area contributed by atoms with Gasteiger partial charge in [-0.3, -0.25) is 9.59 Å². The first-order valence-corrected chi connectivity index (χ1v) is 7.36. The second-order valence-corrected chi connectivity index (χ2v) is 5.48. The van der Waals surface area contributed by atoms with E-state index in [2.05, 4.69) is 10.2 Å². The Bertz CT molecular complexity index is 1030. The lowest BCUT2D eigenvalue weighted by Gasteiger charge is -2.17. The number of carbonyl (C=O) groups is 1. The van der Waals surface area contributed by atoms with Crippen molar-refractivity contribution in [2.24, 2.45) is 5.73 Å². The van der Waals surface area contributed by atoms with Gasteiger partial charge in [-0.15, -0.1) is 0 Å². The van der Waals surface area contributed by atoms with Crippen LogP contribution < -0.4 is 11.3 Å². The molecule has 8 heteroatoms. The molecule has 0 spiro atoms. The van der Waals surface area contributed by atoms with E-state index in [4.69, 9.17) is 15.2 Å². The topological polar surface area (TPSA) is 112 Å². The van der Waals surface area contributed by atoms with Gasteiger partial charge in [0.2, 0.25) is 12.7 Å². The number of ether oxygens (including phenoxy) is 2. The number of hydrogen-bond acceptors (Lipinski definition) is 5. The minimum Gasteiger partial charge on any atom is -0.462 e. The Kier molecular flexibility index (Phi) is 3.23. The highest BCUT2D eigenvalue weighted by Gasteiger charge is 2.27. The summed E-state index contributed by atoms with van der Waals surface area (Å²) in [7, 11) is 0. The van der Waals surface area contributed by atoms with Crippen molar-refractivity contribution in [2.75, 3.05) is 6.79 Å². The van der Waals surface area contributed by atoms with E-state index >= 15 is 0 Å². The molecule has 0 aliphatic carbocycles. The summed E-state index contributed by atoms with van der Waals surface area (Å²) in [4.78, 5) is 24.5. The fraction of sp³-hybridized carbons (Fsp3) is 0.188. The maximum Gasteiger partial charge on any atom is 0.288 e. The highest BCUT2D eigenvalue weighted by atomic mass is 16.7. The Labute approximate surface area is 135 Å². The SMILES string of the molecule is NC(=O)C(CC1=COCO1)n1c2ccccc2c2cn[nH]c(=O)c21. The monoisotopic (exact) mass is 326 g/mol. The van der Waals surface area contributed by atoms with Crippen LogP contribution in [0.5, 0.6) is 0 Å². The van der Waals surface area contributed by atoms with Crippen LogP contribution in [-0.2, 0) is 14.3 Å². The molecule has 1 amide bonds. The van der Waals surface area contributed by atoms with Crippen LogP contribution in [0.25, 0.3) is 21.8 Å². The highest BCUT2D eigenvalue weighted by molar-refractivity contribution is 6.08. The standard InChI is InChI=1S/C16H14N4O4/c17-15(21)13(5-9-7-23-8-24-9)20-12-4-2-1-3-10(12)11-6-18-19-16(22)14(11)20/h1-4,6-7,13H,5,8H2,(H2,17,21)(H,19,22). The molecule has 1 aromatic carbocycles. The first kappa shape index (κ1) is 14.3. The van der Waals surface area contributed by atoms with Crippen molar-refractivity contribution in [3.8, 4) is 0 Å². The predicted molar refractivity (Wildman–Crippen MR) is 85.8 cm³/mol. The van der Waals surface area contributed by atoms with Crippen LogP contribution in [0, 0.1) is 0 Å². The lowest BCUT2D eigenvalue weighted by Crippen LogP contribution is -2.28. The second kappa shape index (κ2) is 5.41. The summed E-state index contributed by atoms with van der Waals surface area (Å²) in [5.41, 5.74) is 6.33. The number of rotatable bonds is 4. The Hall–Kier alpha value is -3.29. The molecule has 1 aliphatic heterocycles. The molecule has 0 fully saturated rings. The molecule has 122 valence electrons. The van der Waals surface area contributed by atoms with Crippen molar-refractivity contribution in [2.45, 2.75) is 12.5 Å². The van der Waals surface area contributed by atoms with Gasteiger partial charge in [0, 0.05) is 17.2 Å². The number of aromatic nitrogens is 3. The molecule has 1 aliphatic rings. The van der Waals surface area contributed by atoms with E-state index in [1.165, 1.54) is 6.26 Å². The number of benzene rings is 1. The third kappa shape index (κ3) is 2.11. The van der Waals surface area contributed by atoms with Gasteiger partial charge in [-0.1, -0.05) is 18.2 Å². The minimum atomic E-state index is -0.788. The van der Waals surface area contributed by atoms with E-state index in [0.717, 1.165) is 10.9 Å². The first-order valence-electron chi connectivity index (χ1n) is 7.36. The normalized spacial score (nSPS) is 15.1. The molecule has 8 nitrogen and oxygen atoms in total. The van der Waals surface area contributed by atoms with Gasteiger partial charge in [0.15, 0.2) is 0 Å². The number of fused-ring (bicyclic) bond motifs is 3. The smallest absolute Gasteiger partial charge is 0.288 e. The van der Waals surface area contributed by atoms with E-state index in [-0.39, 0.29) is 18.8 Å². The van der Waals surface area contributed by atoms with Gasteiger partial charge in [-0.05, 0) is 6.07 Å². The number of H-pyrrole nitrogens is 1. The van der Waals surface area contributed by atoms with Crippen molar-refractivity contribution < 1.29 is 14.3 Å². The van der Waals surface area contributed by atoms with Gasteiger partial charge in [-0.25, -0.2) is 5.10 Å². The summed E-state index contributed by atoms with van der Waals surface area (Å²) in [6, 6.07) is 6.63. The molecule has 4 rings (SSSR count). The zero-order valence-corrected chi connectivity index (χ0v) is 12.6. The van der Waals surface area contributed by atoms with Crippen molar-refractivity contribution in [1.29, 1.82) is 0 Å². The molecule has 1 unspecified atom stereocenters. The summed E-state index contributed by atoms with van der Waals surface area (Å²) in [5.74, 6) is -0.0551. The maximum atomic E-state index is 12.4. The molecule has 0 saturated heterocycles. The number of carbonyl (C=O) groups excluding carboxylic acids is 1. The van der Waals surface area contributed by atoms with E-state index in [0.29, 0.717) is 16.7 Å². The third-order valence-corrected chi connectivity index (χ3v) is 4.09. The zero-order valence-electron chi connectivity index (χ0n) is 12.6.